The standard InChI is InChI=1S/C27H36N2O3/c1-7-8-14-21-15-16-22(23(28-21)17-18-24(30)32-27(3,4)5)26-29(6)19(2)25(31-26)20-12-10-9-11-13-20/h9-13,15-19,25-26H,7-8,14H2,1-6H3/b18-17+/t19-,25+,26?/m0/s1. The molecule has 5 nitrogen and oxygen atoms in total. The molecule has 32 heavy (non-hydrogen) atoms. The van der Waals surface area contributed by atoms with Gasteiger partial charge >= 0.3 is 5.97 Å². The highest BCUT2D eigenvalue weighted by Gasteiger charge is 2.39. The van der Waals surface area contributed by atoms with Crippen LogP contribution in [0.2, 0.25) is 0 Å². The second kappa shape index (κ2) is 10.4. The first-order valence-electron chi connectivity index (χ1n) is 11.5. The first-order valence-corrected chi connectivity index (χ1v) is 11.5. The fourth-order valence-electron chi connectivity index (χ4n) is 3.92. The molecule has 2 aromatic rings. The molecule has 1 aromatic carbocycles. The van der Waals surface area contributed by atoms with Gasteiger partial charge in [0.15, 0.2) is 0 Å². The number of carbonyl (C=O) groups excluding carboxylic acids is 1. The molecule has 0 amide bonds. The Balaban J connectivity index is 1.91. The zero-order valence-corrected chi connectivity index (χ0v) is 20.2. The number of carbonyl (C=O) groups is 1. The van der Waals surface area contributed by atoms with Gasteiger partial charge in [-0.25, -0.2) is 4.79 Å². The number of nitrogens with zero attached hydrogens (tertiary/aromatic N) is 2. The van der Waals surface area contributed by atoms with Crippen molar-refractivity contribution in [3.8, 4) is 0 Å². The average Bonchev–Trinajstić information content (AvgIpc) is 3.05. The molecule has 0 aliphatic carbocycles. The van der Waals surface area contributed by atoms with E-state index in [2.05, 4.69) is 50.1 Å². The van der Waals surface area contributed by atoms with E-state index in [1.807, 2.05) is 39.0 Å². The average molecular weight is 437 g/mol. The van der Waals surface area contributed by atoms with Gasteiger partial charge in [0.1, 0.15) is 17.9 Å². The SMILES string of the molecule is CCCCc1ccc(C2O[C@@H](c3ccccc3)[C@H](C)N2C)c(/C=C/C(=O)OC(C)(C)C)n1. The molecule has 1 unspecified atom stereocenters. The van der Waals surface area contributed by atoms with Crippen LogP contribution >= 0.6 is 0 Å². The number of ether oxygens (including phenoxy) is 2. The van der Waals surface area contributed by atoms with E-state index < -0.39 is 5.60 Å². The van der Waals surface area contributed by atoms with Crippen molar-refractivity contribution in [2.45, 2.75) is 77.9 Å². The largest absolute Gasteiger partial charge is 0.457 e. The van der Waals surface area contributed by atoms with Gasteiger partial charge in [0, 0.05) is 23.4 Å². The van der Waals surface area contributed by atoms with Gasteiger partial charge in [-0.2, -0.15) is 0 Å². The smallest absolute Gasteiger partial charge is 0.331 e. The maximum absolute atomic E-state index is 12.3. The molecule has 1 fully saturated rings. The zero-order valence-electron chi connectivity index (χ0n) is 20.2. The van der Waals surface area contributed by atoms with Gasteiger partial charge in [-0.3, -0.25) is 9.88 Å². The Bertz CT molecular complexity index is 934. The van der Waals surface area contributed by atoms with Crippen LogP contribution in [0.4, 0.5) is 0 Å². The molecular weight excluding hydrogens is 400 g/mol. The molecule has 1 aromatic heterocycles. The van der Waals surface area contributed by atoms with E-state index in [4.69, 9.17) is 14.5 Å². The fraction of sp³-hybridized carbons (Fsp3) is 0.481. The maximum atomic E-state index is 12.3. The van der Waals surface area contributed by atoms with Gasteiger partial charge in [0.25, 0.3) is 0 Å². The fourth-order valence-corrected chi connectivity index (χ4v) is 3.92. The number of unbranched alkanes of at least 4 members (excludes halogenated alkanes) is 1. The lowest BCUT2D eigenvalue weighted by Gasteiger charge is -2.23. The molecule has 2 heterocycles. The van der Waals surface area contributed by atoms with Crippen LogP contribution in [0.15, 0.2) is 48.5 Å². The Morgan fingerprint density at radius 3 is 2.56 bits per heavy atom. The van der Waals surface area contributed by atoms with Crippen molar-refractivity contribution in [1.29, 1.82) is 0 Å². The number of likely N-dealkylation sites (N-methyl/N-ethyl adjacent to an activating group) is 1. The van der Waals surface area contributed by atoms with Crippen molar-refractivity contribution < 1.29 is 14.3 Å². The van der Waals surface area contributed by atoms with Crippen LogP contribution in [0, 0.1) is 0 Å². The van der Waals surface area contributed by atoms with Gasteiger partial charge in [0.05, 0.1) is 5.69 Å². The number of hydrogen-bond donors (Lipinski definition) is 0. The molecule has 3 rings (SSSR count). The van der Waals surface area contributed by atoms with Crippen LogP contribution in [0.1, 0.15) is 82.3 Å². The molecule has 5 heteroatoms. The highest BCUT2D eigenvalue weighted by atomic mass is 16.6. The van der Waals surface area contributed by atoms with Gasteiger partial charge in [-0.15, -0.1) is 0 Å². The lowest BCUT2D eigenvalue weighted by molar-refractivity contribution is -0.148. The summed E-state index contributed by atoms with van der Waals surface area (Å²) in [5.74, 6) is -0.375. The van der Waals surface area contributed by atoms with E-state index >= 15 is 0 Å². The quantitative estimate of drug-likeness (QED) is 0.401. The first kappa shape index (κ1) is 24.1. The van der Waals surface area contributed by atoms with Crippen molar-refractivity contribution in [1.82, 2.24) is 9.88 Å². The predicted molar refractivity (Wildman–Crippen MR) is 128 cm³/mol. The molecule has 1 aliphatic rings. The first-order chi connectivity index (χ1) is 15.2. The van der Waals surface area contributed by atoms with Crippen LogP contribution in [-0.2, 0) is 20.7 Å². The number of hydrogen-bond acceptors (Lipinski definition) is 5. The Hall–Kier alpha value is -2.50. The van der Waals surface area contributed by atoms with Crippen molar-refractivity contribution in [3.63, 3.8) is 0 Å². The predicted octanol–water partition coefficient (Wildman–Crippen LogP) is 5.87. The van der Waals surface area contributed by atoms with Gasteiger partial charge in [-0.05, 0) is 65.3 Å². The molecule has 1 saturated heterocycles. The summed E-state index contributed by atoms with van der Waals surface area (Å²) in [6.07, 6.45) is 6.04. The number of pyridine rings is 1. The van der Waals surface area contributed by atoms with Crippen molar-refractivity contribution in [2.75, 3.05) is 7.05 Å². The molecule has 0 bridgehead atoms. The summed E-state index contributed by atoms with van der Waals surface area (Å²) in [4.78, 5) is 19.4. The number of aryl methyl sites for hydroxylation is 1. The van der Waals surface area contributed by atoms with Crippen LogP contribution in [0.3, 0.4) is 0 Å². The highest BCUT2D eigenvalue weighted by Crippen LogP contribution is 2.42. The lowest BCUT2D eigenvalue weighted by atomic mass is 10.0. The van der Waals surface area contributed by atoms with E-state index in [0.29, 0.717) is 0 Å². The Labute approximate surface area is 192 Å². The van der Waals surface area contributed by atoms with Crippen LogP contribution in [0.25, 0.3) is 6.08 Å². The second-order valence-corrected chi connectivity index (χ2v) is 9.47. The maximum Gasteiger partial charge on any atom is 0.331 e. The molecular formula is C27H36N2O3. The molecule has 172 valence electrons. The monoisotopic (exact) mass is 436 g/mol. The van der Waals surface area contributed by atoms with Crippen molar-refractivity contribution in [2.24, 2.45) is 0 Å². The third-order valence-electron chi connectivity index (χ3n) is 5.71. The summed E-state index contributed by atoms with van der Waals surface area (Å²) >= 11 is 0. The number of aromatic nitrogens is 1. The Morgan fingerprint density at radius 2 is 1.91 bits per heavy atom. The number of esters is 1. The van der Waals surface area contributed by atoms with E-state index in [-0.39, 0.29) is 24.3 Å². The molecule has 0 radical (unpaired) electrons. The summed E-state index contributed by atoms with van der Waals surface area (Å²) in [7, 11) is 2.07. The van der Waals surface area contributed by atoms with Gasteiger partial charge < -0.3 is 9.47 Å². The van der Waals surface area contributed by atoms with Crippen LogP contribution < -0.4 is 0 Å². The topological polar surface area (TPSA) is 51.7 Å². The summed E-state index contributed by atoms with van der Waals surface area (Å²) in [6, 6.07) is 14.7. The van der Waals surface area contributed by atoms with E-state index in [1.165, 1.54) is 6.08 Å². The summed E-state index contributed by atoms with van der Waals surface area (Å²) in [6.45, 7) is 9.93. The molecule has 3 atom stereocenters. The lowest BCUT2D eigenvalue weighted by Crippen LogP contribution is -2.27. The van der Waals surface area contributed by atoms with Gasteiger partial charge in [0.2, 0.25) is 0 Å². The normalized spacial score (nSPS) is 21.9. The summed E-state index contributed by atoms with van der Waals surface area (Å²) in [5, 5.41) is 0. The molecule has 0 saturated carbocycles. The van der Waals surface area contributed by atoms with Crippen molar-refractivity contribution in [3.05, 3.63) is 71.1 Å². The van der Waals surface area contributed by atoms with E-state index in [1.54, 1.807) is 6.08 Å². The Morgan fingerprint density at radius 1 is 1.19 bits per heavy atom. The molecule has 1 aliphatic heterocycles. The van der Waals surface area contributed by atoms with E-state index in [9.17, 15) is 4.79 Å². The number of rotatable bonds is 7. The van der Waals surface area contributed by atoms with Crippen LogP contribution in [-0.4, -0.2) is 34.5 Å². The van der Waals surface area contributed by atoms with Crippen molar-refractivity contribution >= 4 is 12.0 Å². The third-order valence-corrected chi connectivity index (χ3v) is 5.71. The summed E-state index contributed by atoms with van der Waals surface area (Å²) < 4.78 is 12.0. The minimum absolute atomic E-state index is 0.0337. The van der Waals surface area contributed by atoms with Crippen LogP contribution in [0.5, 0.6) is 0 Å². The zero-order chi connectivity index (χ0) is 23.3. The highest BCUT2D eigenvalue weighted by molar-refractivity contribution is 5.87. The number of benzene rings is 1. The minimum atomic E-state index is -0.534. The molecule has 0 N–H and O–H groups in total. The van der Waals surface area contributed by atoms with Gasteiger partial charge in [-0.1, -0.05) is 49.7 Å². The second-order valence-electron chi connectivity index (χ2n) is 9.47. The molecule has 0 spiro atoms. The van der Waals surface area contributed by atoms with E-state index in [0.717, 1.165) is 41.8 Å². The minimum Gasteiger partial charge on any atom is -0.457 e. The summed E-state index contributed by atoms with van der Waals surface area (Å²) in [5.41, 5.74) is 3.36. The third kappa shape index (κ3) is 6.05. The Kier molecular flexibility index (Phi) is 7.86.